The summed E-state index contributed by atoms with van der Waals surface area (Å²) in [5, 5.41) is 0. The van der Waals surface area contributed by atoms with E-state index in [0.29, 0.717) is 12.2 Å². The summed E-state index contributed by atoms with van der Waals surface area (Å²) in [5.74, 6) is -0.328. The van der Waals surface area contributed by atoms with Crippen LogP contribution in [0.4, 0.5) is 0 Å². The average Bonchev–Trinajstić information content (AvgIpc) is 2.61. The lowest BCUT2D eigenvalue weighted by molar-refractivity contribution is -0.192. The maximum absolute atomic E-state index is 6.20. The third kappa shape index (κ3) is 2.12. The fourth-order valence-electron chi connectivity index (χ4n) is 3.09. The van der Waals surface area contributed by atoms with Gasteiger partial charge in [-0.2, -0.15) is 0 Å². The van der Waals surface area contributed by atoms with Gasteiger partial charge in [-0.05, 0) is 24.8 Å². The highest BCUT2D eigenvalue weighted by molar-refractivity contribution is 5.17. The van der Waals surface area contributed by atoms with Crippen molar-refractivity contribution in [3.05, 3.63) is 35.9 Å². The van der Waals surface area contributed by atoms with Crippen molar-refractivity contribution in [2.75, 3.05) is 0 Å². The van der Waals surface area contributed by atoms with Gasteiger partial charge in [0.2, 0.25) is 0 Å². The van der Waals surface area contributed by atoms with Crippen LogP contribution in [0, 0.1) is 0 Å². The first-order valence-corrected chi connectivity index (χ1v) is 6.71. The van der Waals surface area contributed by atoms with Crippen LogP contribution < -0.4 is 0 Å². The van der Waals surface area contributed by atoms with Crippen LogP contribution >= 0.6 is 0 Å². The summed E-state index contributed by atoms with van der Waals surface area (Å²) in [6.45, 7) is 2.19. The van der Waals surface area contributed by atoms with Gasteiger partial charge >= 0.3 is 0 Å². The SMILES string of the molecule is CC[C@H]1O[C@@]2(Cc3ccccc3)CCC[C@@H]1O2. The van der Waals surface area contributed by atoms with Gasteiger partial charge in [0.15, 0.2) is 5.79 Å². The van der Waals surface area contributed by atoms with Crippen molar-refractivity contribution < 1.29 is 9.47 Å². The molecule has 2 saturated heterocycles. The molecular formula is C15H20O2. The maximum Gasteiger partial charge on any atom is 0.173 e. The zero-order valence-electron chi connectivity index (χ0n) is 10.4. The Morgan fingerprint density at radius 3 is 2.82 bits per heavy atom. The molecule has 2 heterocycles. The molecule has 0 aliphatic carbocycles. The van der Waals surface area contributed by atoms with Gasteiger partial charge in [0.05, 0.1) is 12.2 Å². The van der Waals surface area contributed by atoms with Crippen molar-refractivity contribution in [3.63, 3.8) is 0 Å². The molecule has 2 fully saturated rings. The van der Waals surface area contributed by atoms with E-state index in [4.69, 9.17) is 9.47 Å². The van der Waals surface area contributed by atoms with E-state index in [1.807, 2.05) is 0 Å². The van der Waals surface area contributed by atoms with Gasteiger partial charge in [0.25, 0.3) is 0 Å². The number of benzene rings is 1. The Morgan fingerprint density at radius 2 is 2.06 bits per heavy atom. The first kappa shape index (κ1) is 11.2. The van der Waals surface area contributed by atoms with Gasteiger partial charge in [-0.3, -0.25) is 0 Å². The highest BCUT2D eigenvalue weighted by atomic mass is 16.8. The Balaban J connectivity index is 1.78. The molecule has 0 unspecified atom stereocenters. The number of hydrogen-bond acceptors (Lipinski definition) is 2. The summed E-state index contributed by atoms with van der Waals surface area (Å²) in [6, 6.07) is 10.5. The molecule has 0 spiro atoms. The monoisotopic (exact) mass is 232 g/mol. The van der Waals surface area contributed by atoms with Crippen LogP contribution in [0.15, 0.2) is 30.3 Å². The normalized spacial score (nSPS) is 36.1. The van der Waals surface area contributed by atoms with E-state index >= 15 is 0 Å². The number of fused-ring (bicyclic) bond motifs is 2. The highest BCUT2D eigenvalue weighted by Gasteiger charge is 2.49. The fraction of sp³-hybridized carbons (Fsp3) is 0.600. The van der Waals surface area contributed by atoms with E-state index < -0.39 is 0 Å². The predicted octanol–water partition coefficient (Wildman–Crippen LogP) is 3.30. The Labute approximate surface area is 103 Å². The smallest absolute Gasteiger partial charge is 0.173 e. The molecule has 2 aliphatic rings. The third-order valence-corrected chi connectivity index (χ3v) is 3.91. The van der Waals surface area contributed by atoms with E-state index in [1.165, 1.54) is 12.0 Å². The minimum Gasteiger partial charge on any atom is -0.344 e. The summed E-state index contributed by atoms with van der Waals surface area (Å²) in [7, 11) is 0. The Kier molecular flexibility index (Phi) is 2.93. The average molecular weight is 232 g/mol. The molecule has 2 aliphatic heterocycles. The van der Waals surface area contributed by atoms with E-state index in [1.54, 1.807) is 0 Å². The molecule has 0 aromatic heterocycles. The second kappa shape index (κ2) is 4.43. The predicted molar refractivity (Wildman–Crippen MR) is 66.8 cm³/mol. The van der Waals surface area contributed by atoms with Crippen LogP contribution in [0.25, 0.3) is 0 Å². The van der Waals surface area contributed by atoms with Crippen molar-refractivity contribution in [1.29, 1.82) is 0 Å². The summed E-state index contributed by atoms with van der Waals surface area (Å²) >= 11 is 0. The van der Waals surface area contributed by atoms with Crippen LogP contribution in [0.1, 0.15) is 38.2 Å². The minimum atomic E-state index is -0.328. The third-order valence-electron chi connectivity index (χ3n) is 3.91. The quantitative estimate of drug-likeness (QED) is 0.796. The first-order valence-electron chi connectivity index (χ1n) is 6.71. The van der Waals surface area contributed by atoms with Crippen molar-refractivity contribution in [3.8, 4) is 0 Å². The van der Waals surface area contributed by atoms with Crippen LogP contribution in [0.3, 0.4) is 0 Å². The second-order valence-corrected chi connectivity index (χ2v) is 5.19. The molecule has 1 aromatic rings. The Morgan fingerprint density at radius 1 is 1.24 bits per heavy atom. The van der Waals surface area contributed by atoms with E-state index in [-0.39, 0.29) is 5.79 Å². The lowest BCUT2D eigenvalue weighted by Crippen LogP contribution is -2.36. The van der Waals surface area contributed by atoms with Crippen LogP contribution in [0.2, 0.25) is 0 Å². The molecule has 0 amide bonds. The van der Waals surface area contributed by atoms with E-state index in [9.17, 15) is 0 Å². The largest absolute Gasteiger partial charge is 0.344 e. The van der Waals surface area contributed by atoms with Gasteiger partial charge in [0.1, 0.15) is 0 Å². The van der Waals surface area contributed by atoms with Crippen LogP contribution in [-0.4, -0.2) is 18.0 Å². The molecular weight excluding hydrogens is 212 g/mol. The van der Waals surface area contributed by atoms with Crippen molar-refractivity contribution in [1.82, 2.24) is 0 Å². The molecule has 1 aromatic carbocycles. The molecule has 3 rings (SSSR count). The number of ether oxygens (including phenoxy) is 2. The zero-order chi connectivity index (χ0) is 11.7. The first-order chi connectivity index (χ1) is 8.31. The molecule has 92 valence electrons. The topological polar surface area (TPSA) is 18.5 Å². The zero-order valence-corrected chi connectivity index (χ0v) is 10.4. The molecule has 3 atom stereocenters. The van der Waals surface area contributed by atoms with Crippen molar-refractivity contribution in [2.24, 2.45) is 0 Å². The van der Waals surface area contributed by atoms with Gasteiger partial charge in [0, 0.05) is 12.8 Å². The minimum absolute atomic E-state index is 0.307. The van der Waals surface area contributed by atoms with Gasteiger partial charge in [-0.15, -0.1) is 0 Å². The van der Waals surface area contributed by atoms with Gasteiger partial charge < -0.3 is 9.47 Å². The molecule has 2 heteroatoms. The van der Waals surface area contributed by atoms with Crippen LogP contribution in [0.5, 0.6) is 0 Å². The number of rotatable bonds is 3. The molecule has 2 nitrogen and oxygen atoms in total. The molecule has 0 N–H and O–H groups in total. The van der Waals surface area contributed by atoms with Gasteiger partial charge in [-0.25, -0.2) is 0 Å². The molecule has 17 heavy (non-hydrogen) atoms. The molecule has 0 radical (unpaired) electrons. The van der Waals surface area contributed by atoms with Crippen molar-refractivity contribution in [2.45, 2.75) is 57.0 Å². The van der Waals surface area contributed by atoms with Crippen LogP contribution in [-0.2, 0) is 15.9 Å². The standard InChI is InChI=1S/C15H20O2/c1-2-13-14-9-6-10-15(16-13,17-14)11-12-7-4-3-5-8-12/h3-5,7-8,13-14H,2,6,9-11H2,1H3/t13-,14+,15+/m1/s1. The summed E-state index contributed by atoms with van der Waals surface area (Å²) in [4.78, 5) is 0. The van der Waals surface area contributed by atoms with Crippen molar-refractivity contribution >= 4 is 0 Å². The fourth-order valence-corrected chi connectivity index (χ4v) is 3.09. The number of hydrogen-bond donors (Lipinski definition) is 0. The highest BCUT2D eigenvalue weighted by Crippen LogP contribution is 2.42. The summed E-state index contributed by atoms with van der Waals surface area (Å²) in [6.07, 6.45) is 6.01. The van der Waals surface area contributed by atoms with E-state index in [2.05, 4.69) is 37.3 Å². The van der Waals surface area contributed by atoms with E-state index in [0.717, 1.165) is 25.7 Å². The Bertz CT molecular complexity index is 376. The lowest BCUT2D eigenvalue weighted by atomic mass is 9.96. The second-order valence-electron chi connectivity index (χ2n) is 5.19. The summed E-state index contributed by atoms with van der Waals surface area (Å²) in [5.41, 5.74) is 1.31. The van der Waals surface area contributed by atoms with Gasteiger partial charge in [-0.1, -0.05) is 37.3 Å². The summed E-state index contributed by atoms with van der Waals surface area (Å²) < 4.78 is 12.4. The maximum atomic E-state index is 6.20. The molecule has 2 bridgehead atoms. The lowest BCUT2D eigenvalue weighted by Gasteiger charge is -2.31. The Hall–Kier alpha value is -0.860. The molecule has 0 saturated carbocycles.